The summed E-state index contributed by atoms with van der Waals surface area (Å²) in [5.74, 6) is 2.45. The van der Waals surface area contributed by atoms with Crippen molar-refractivity contribution in [3.63, 3.8) is 0 Å². The van der Waals surface area contributed by atoms with E-state index >= 15 is 0 Å². The van der Waals surface area contributed by atoms with Gasteiger partial charge in [0.25, 0.3) is 0 Å². The van der Waals surface area contributed by atoms with Crippen molar-refractivity contribution in [3.05, 3.63) is 250 Å². The fourth-order valence-corrected chi connectivity index (χ4v) is 11.8. The van der Waals surface area contributed by atoms with E-state index in [4.69, 9.17) is 9.72 Å². The normalized spacial score (nSPS) is 13.6. The standard InChI is InChI=1S/C75H80N4O/c1-70(2,3)53-31-35-65-64(44-53)63-34-33-61(48-67(63)79(65)69-46-54(37-38-76-69)71(4,5)6)80-62-43-56(72(7,8)9)40-60(47-62)78-49-77(66-36-32-55(45-68(66)78)73(10,11)50-25-19-16-20-26-50)59-41-57(74(12,13)51-27-21-17-22-28-51)39-58(42-59)75(14,15)52-29-23-18-24-30-52/h16-48H,49H2,1-15H3. The molecule has 0 atom stereocenters. The molecule has 5 nitrogen and oxygen atoms in total. The highest BCUT2D eigenvalue weighted by atomic mass is 16.5. The molecule has 1 aliphatic rings. The number of hydrogen-bond acceptors (Lipinski definition) is 4. The number of ether oxygens (including phenoxy) is 1. The number of hydrogen-bond donors (Lipinski definition) is 0. The van der Waals surface area contributed by atoms with Gasteiger partial charge in [0, 0.05) is 56.7 Å². The summed E-state index contributed by atoms with van der Waals surface area (Å²) in [5.41, 5.74) is 17.0. The lowest BCUT2D eigenvalue weighted by Crippen LogP contribution is -2.27. The van der Waals surface area contributed by atoms with Crippen molar-refractivity contribution in [2.24, 2.45) is 0 Å². The Balaban J connectivity index is 1.07. The molecule has 0 saturated heterocycles. The van der Waals surface area contributed by atoms with Crippen LogP contribution in [0.2, 0.25) is 0 Å². The maximum absolute atomic E-state index is 7.22. The molecule has 406 valence electrons. The number of nitrogens with zero attached hydrogens (tertiary/aromatic N) is 4. The topological polar surface area (TPSA) is 33.5 Å². The van der Waals surface area contributed by atoms with E-state index in [1.807, 2.05) is 6.20 Å². The molecular formula is C75H80N4O. The summed E-state index contributed by atoms with van der Waals surface area (Å²) in [5, 5.41) is 2.37. The Morgan fingerprint density at radius 1 is 0.338 bits per heavy atom. The Morgan fingerprint density at radius 3 is 1.40 bits per heavy atom. The zero-order valence-corrected chi connectivity index (χ0v) is 50.0. The molecule has 5 heteroatoms. The molecule has 2 aromatic heterocycles. The van der Waals surface area contributed by atoms with Crippen molar-refractivity contribution in [2.75, 3.05) is 16.5 Å². The fourth-order valence-electron chi connectivity index (χ4n) is 11.8. The lowest BCUT2D eigenvalue weighted by Gasteiger charge is -2.33. The summed E-state index contributed by atoms with van der Waals surface area (Å²) in [6, 6.07) is 72.1. The number of rotatable bonds is 11. The van der Waals surface area contributed by atoms with Crippen molar-refractivity contribution in [2.45, 2.75) is 136 Å². The SMILES string of the molecule is CC(C)(C)c1cc(Oc2ccc3c4cc(C(C)(C)C)ccc4n(-c4cc(C(C)(C)C)ccn4)c3c2)cc(N2CN(c3cc(C(C)(C)c4ccccc4)cc(C(C)(C)c4ccccc4)c3)c3ccc(C(C)(C)c4ccccc4)cc32)c1. The van der Waals surface area contributed by atoms with Gasteiger partial charge in [-0.3, -0.25) is 4.57 Å². The van der Waals surface area contributed by atoms with Crippen LogP contribution in [-0.2, 0) is 32.5 Å². The van der Waals surface area contributed by atoms with Gasteiger partial charge < -0.3 is 14.5 Å². The first-order valence-electron chi connectivity index (χ1n) is 28.7. The van der Waals surface area contributed by atoms with Crippen LogP contribution in [-0.4, -0.2) is 16.2 Å². The average Bonchev–Trinajstić information content (AvgIpc) is 4.22. The van der Waals surface area contributed by atoms with Crippen LogP contribution in [0, 0.1) is 0 Å². The Labute approximate surface area is 476 Å². The monoisotopic (exact) mass is 1050 g/mol. The second-order valence-electron chi connectivity index (χ2n) is 27.2. The molecule has 11 rings (SSSR count). The second kappa shape index (κ2) is 19.7. The van der Waals surface area contributed by atoms with Gasteiger partial charge in [-0.05, 0) is 139 Å². The molecule has 80 heavy (non-hydrogen) atoms. The van der Waals surface area contributed by atoms with Crippen molar-refractivity contribution in [3.8, 4) is 17.3 Å². The van der Waals surface area contributed by atoms with Gasteiger partial charge in [0.2, 0.25) is 0 Å². The molecule has 0 spiro atoms. The quantitative estimate of drug-likeness (QED) is 0.129. The van der Waals surface area contributed by atoms with Crippen LogP contribution < -0.4 is 14.5 Å². The molecular weight excluding hydrogens is 973 g/mol. The first-order valence-corrected chi connectivity index (χ1v) is 28.7. The van der Waals surface area contributed by atoms with E-state index in [1.165, 1.54) is 60.8 Å². The van der Waals surface area contributed by atoms with Crippen molar-refractivity contribution in [1.29, 1.82) is 0 Å². The highest BCUT2D eigenvalue weighted by molar-refractivity contribution is 6.10. The predicted octanol–water partition coefficient (Wildman–Crippen LogP) is 20.1. The van der Waals surface area contributed by atoms with Gasteiger partial charge in [-0.2, -0.15) is 0 Å². The first kappa shape index (κ1) is 54.1. The molecule has 8 aromatic carbocycles. The lowest BCUT2D eigenvalue weighted by atomic mass is 9.73. The van der Waals surface area contributed by atoms with Crippen LogP contribution in [0.5, 0.6) is 11.5 Å². The van der Waals surface area contributed by atoms with E-state index in [2.05, 4.69) is 312 Å². The number of anilines is 4. The summed E-state index contributed by atoms with van der Waals surface area (Å²) in [6.45, 7) is 35.3. The van der Waals surface area contributed by atoms with Crippen molar-refractivity contribution < 1.29 is 4.74 Å². The maximum Gasteiger partial charge on any atom is 0.137 e. The van der Waals surface area contributed by atoms with Crippen LogP contribution >= 0.6 is 0 Å². The Hall–Kier alpha value is -7.89. The molecule has 0 radical (unpaired) electrons. The van der Waals surface area contributed by atoms with Gasteiger partial charge in [-0.15, -0.1) is 0 Å². The highest BCUT2D eigenvalue weighted by Gasteiger charge is 2.36. The van der Waals surface area contributed by atoms with Crippen LogP contribution in [0.15, 0.2) is 200 Å². The van der Waals surface area contributed by atoms with Crippen LogP contribution in [0.25, 0.3) is 27.6 Å². The van der Waals surface area contributed by atoms with E-state index in [0.29, 0.717) is 6.67 Å². The zero-order valence-electron chi connectivity index (χ0n) is 50.0. The Bertz CT molecular complexity index is 3850. The smallest absolute Gasteiger partial charge is 0.137 e. The van der Waals surface area contributed by atoms with Crippen LogP contribution in [0.4, 0.5) is 22.7 Å². The number of fused-ring (bicyclic) bond motifs is 4. The third-order valence-corrected chi connectivity index (χ3v) is 17.5. The molecule has 1 aliphatic heterocycles. The third kappa shape index (κ3) is 9.99. The molecule has 0 aliphatic carbocycles. The Kier molecular flexibility index (Phi) is 13.3. The minimum Gasteiger partial charge on any atom is -0.457 e. The number of benzene rings is 8. The summed E-state index contributed by atoms with van der Waals surface area (Å²) in [4.78, 5) is 10.1. The fraction of sp³-hybridized carbons (Fsp3) is 0.293. The van der Waals surface area contributed by atoms with E-state index in [0.717, 1.165) is 51.1 Å². The molecule has 0 fully saturated rings. The molecule has 0 saturated carbocycles. The molecule has 0 bridgehead atoms. The molecule has 3 heterocycles. The largest absolute Gasteiger partial charge is 0.457 e. The average molecular weight is 1050 g/mol. The van der Waals surface area contributed by atoms with E-state index in [-0.39, 0.29) is 32.5 Å². The minimum absolute atomic E-state index is 0.00998. The van der Waals surface area contributed by atoms with Gasteiger partial charge >= 0.3 is 0 Å². The third-order valence-electron chi connectivity index (χ3n) is 17.5. The summed E-state index contributed by atoms with van der Waals surface area (Å²) >= 11 is 0. The van der Waals surface area contributed by atoms with Crippen molar-refractivity contribution in [1.82, 2.24) is 9.55 Å². The first-order chi connectivity index (χ1) is 37.8. The molecule has 0 amide bonds. The summed E-state index contributed by atoms with van der Waals surface area (Å²) in [6.07, 6.45) is 1.95. The van der Waals surface area contributed by atoms with Crippen molar-refractivity contribution >= 4 is 44.6 Å². The van der Waals surface area contributed by atoms with Crippen LogP contribution in [0.3, 0.4) is 0 Å². The maximum atomic E-state index is 7.22. The Morgan fingerprint density at radius 2 is 0.838 bits per heavy atom. The number of aromatic nitrogens is 2. The predicted molar refractivity (Wildman–Crippen MR) is 339 cm³/mol. The van der Waals surface area contributed by atoms with Gasteiger partial charge in [0.1, 0.15) is 24.0 Å². The van der Waals surface area contributed by atoms with Gasteiger partial charge in [-0.1, -0.05) is 213 Å². The molecule has 0 N–H and O–H groups in total. The van der Waals surface area contributed by atoms with Gasteiger partial charge in [0.15, 0.2) is 0 Å². The number of pyridine rings is 1. The highest BCUT2D eigenvalue weighted by Crippen LogP contribution is 2.51. The minimum atomic E-state index is -0.280. The molecule has 10 aromatic rings. The lowest BCUT2D eigenvalue weighted by molar-refractivity contribution is 0.479. The van der Waals surface area contributed by atoms with Crippen LogP contribution in [0.1, 0.15) is 154 Å². The summed E-state index contributed by atoms with van der Waals surface area (Å²) in [7, 11) is 0. The van der Waals surface area contributed by atoms with Gasteiger partial charge in [-0.25, -0.2) is 4.98 Å². The van der Waals surface area contributed by atoms with Gasteiger partial charge in [0.05, 0.1) is 22.4 Å². The zero-order chi connectivity index (χ0) is 56.7. The van der Waals surface area contributed by atoms with E-state index < -0.39 is 0 Å². The summed E-state index contributed by atoms with van der Waals surface area (Å²) < 4.78 is 9.54. The second-order valence-corrected chi connectivity index (χ2v) is 27.2. The molecule has 0 unspecified atom stereocenters. The van der Waals surface area contributed by atoms with E-state index in [1.54, 1.807) is 0 Å². The van der Waals surface area contributed by atoms with E-state index in [9.17, 15) is 0 Å².